The van der Waals surface area contributed by atoms with Crippen molar-refractivity contribution in [3.63, 3.8) is 0 Å². The van der Waals surface area contributed by atoms with E-state index in [9.17, 15) is 9.59 Å². The number of hydrogen-bond acceptors (Lipinski definition) is 3. The average Bonchev–Trinajstić information content (AvgIpc) is 2.71. The van der Waals surface area contributed by atoms with E-state index in [2.05, 4.69) is 41.5 Å². The second-order valence-corrected chi connectivity index (χ2v) is 7.33. The van der Waals surface area contributed by atoms with Gasteiger partial charge in [-0.1, -0.05) is 63.3 Å². The third kappa shape index (κ3) is 13.4. The van der Waals surface area contributed by atoms with Crippen LogP contribution in [0.5, 0.6) is 0 Å². The molecule has 0 unspecified atom stereocenters. The SMILES string of the molecule is CCCCCC=CCC=CCCCCCCCC(=O)Nc1ccc(C(N)=O)cn1. The standard InChI is InChI=1S/C24H37N3O2/c1-2-3-4-5-6-7-8-9-10-11-12-13-14-15-16-17-23(28)27-22-19-18-21(20-26-22)24(25)29/h6-7,9-10,18-20H,2-5,8,11-17H2,1H3,(H2,25,29)(H,26,27,28). The lowest BCUT2D eigenvalue weighted by Gasteiger charge is -2.05. The molecule has 160 valence electrons. The fourth-order valence-electron chi connectivity index (χ4n) is 2.92. The predicted octanol–water partition coefficient (Wildman–Crippen LogP) is 5.93. The molecule has 3 N–H and O–H groups in total. The van der Waals surface area contributed by atoms with Gasteiger partial charge in [-0.15, -0.1) is 0 Å². The molecule has 0 saturated carbocycles. The zero-order chi connectivity index (χ0) is 21.2. The Labute approximate surface area is 175 Å². The van der Waals surface area contributed by atoms with Gasteiger partial charge in [-0.05, 0) is 50.7 Å². The molecule has 0 fully saturated rings. The Morgan fingerprint density at radius 2 is 1.59 bits per heavy atom. The highest BCUT2D eigenvalue weighted by molar-refractivity contribution is 5.93. The van der Waals surface area contributed by atoms with Crippen LogP contribution in [0.1, 0.15) is 94.3 Å². The average molecular weight is 400 g/mol. The summed E-state index contributed by atoms with van der Waals surface area (Å²) in [6, 6.07) is 3.15. The summed E-state index contributed by atoms with van der Waals surface area (Å²) in [5, 5.41) is 2.74. The van der Waals surface area contributed by atoms with Crippen molar-refractivity contribution in [3.8, 4) is 0 Å². The molecule has 0 spiro atoms. The molecule has 0 aliphatic heterocycles. The van der Waals surface area contributed by atoms with Gasteiger partial charge in [0.25, 0.3) is 0 Å². The minimum atomic E-state index is -0.527. The normalized spacial score (nSPS) is 11.3. The number of carbonyl (C=O) groups is 2. The number of allylic oxidation sites excluding steroid dienone is 4. The molecule has 5 heteroatoms. The molecule has 1 aromatic heterocycles. The molecule has 1 aromatic rings. The van der Waals surface area contributed by atoms with E-state index in [4.69, 9.17) is 5.73 Å². The summed E-state index contributed by atoms with van der Waals surface area (Å²) in [5.74, 6) is -0.127. The largest absolute Gasteiger partial charge is 0.366 e. The van der Waals surface area contributed by atoms with Crippen molar-refractivity contribution in [1.82, 2.24) is 4.98 Å². The summed E-state index contributed by atoms with van der Waals surface area (Å²) < 4.78 is 0. The first-order valence-electron chi connectivity index (χ1n) is 11.0. The molecular weight excluding hydrogens is 362 g/mol. The summed E-state index contributed by atoms with van der Waals surface area (Å²) >= 11 is 0. The maximum absolute atomic E-state index is 11.9. The van der Waals surface area contributed by atoms with Crippen molar-refractivity contribution in [2.24, 2.45) is 5.73 Å². The number of nitrogens with zero attached hydrogens (tertiary/aromatic N) is 1. The highest BCUT2D eigenvalue weighted by atomic mass is 16.2. The first kappa shape index (κ1) is 24.6. The van der Waals surface area contributed by atoms with Gasteiger partial charge in [-0.2, -0.15) is 0 Å². The smallest absolute Gasteiger partial charge is 0.250 e. The number of amides is 2. The van der Waals surface area contributed by atoms with E-state index in [0.29, 0.717) is 17.8 Å². The van der Waals surface area contributed by atoms with Crippen LogP contribution in [0, 0.1) is 0 Å². The fraction of sp³-hybridized carbons (Fsp3) is 0.542. The molecule has 29 heavy (non-hydrogen) atoms. The minimum Gasteiger partial charge on any atom is -0.366 e. The van der Waals surface area contributed by atoms with Crippen LogP contribution in [0.15, 0.2) is 42.6 Å². The Bertz CT molecular complexity index is 636. The van der Waals surface area contributed by atoms with Gasteiger partial charge in [0.05, 0.1) is 5.56 Å². The first-order valence-corrected chi connectivity index (χ1v) is 11.0. The van der Waals surface area contributed by atoms with Crippen LogP contribution >= 0.6 is 0 Å². The monoisotopic (exact) mass is 399 g/mol. The Kier molecular flexibility index (Phi) is 14.0. The van der Waals surface area contributed by atoms with Crippen LogP contribution in [0.4, 0.5) is 5.82 Å². The number of nitrogens with one attached hydrogen (secondary N) is 1. The Hall–Kier alpha value is -2.43. The molecule has 0 radical (unpaired) electrons. The number of carbonyl (C=O) groups excluding carboxylic acids is 2. The molecule has 0 aromatic carbocycles. The van der Waals surface area contributed by atoms with Gasteiger partial charge in [0.15, 0.2) is 0 Å². The highest BCUT2D eigenvalue weighted by Crippen LogP contribution is 2.10. The zero-order valence-electron chi connectivity index (χ0n) is 17.9. The summed E-state index contributed by atoms with van der Waals surface area (Å²) in [7, 11) is 0. The van der Waals surface area contributed by atoms with Crippen molar-refractivity contribution in [1.29, 1.82) is 0 Å². The molecule has 5 nitrogen and oxygen atoms in total. The number of aromatic nitrogens is 1. The zero-order valence-corrected chi connectivity index (χ0v) is 17.9. The van der Waals surface area contributed by atoms with Gasteiger partial charge < -0.3 is 11.1 Å². The van der Waals surface area contributed by atoms with Gasteiger partial charge in [-0.25, -0.2) is 4.98 Å². The van der Waals surface area contributed by atoms with Gasteiger partial charge in [0.1, 0.15) is 5.82 Å². The number of anilines is 1. The molecule has 0 atom stereocenters. The molecule has 0 aliphatic carbocycles. The number of unbranched alkanes of at least 4 members (excludes halogenated alkanes) is 8. The third-order valence-electron chi connectivity index (χ3n) is 4.67. The molecule has 1 heterocycles. The summed E-state index contributed by atoms with van der Waals surface area (Å²) in [6.45, 7) is 2.23. The lowest BCUT2D eigenvalue weighted by Crippen LogP contribution is -2.14. The van der Waals surface area contributed by atoms with Gasteiger partial charge >= 0.3 is 0 Å². The van der Waals surface area contributed by atoms with Crippen molar-refractivity contribution >= 4 is 17.6 Å². The van der Waals surface area contributed by atoms with Crippen LogP contribution in [-0.2, 0) is 4.79 Å². The van der Waals surface area contributed by atoms with E-state index in [1.807, 2.05) is 0 Å². The Morgan fingerprint density at radius 3 is 2.21 bits per heavy atom. The lowest BCUT2D eigenvalue weighted by atomic mass is 10.1. The number of hydrogen-bond donors (Lipinski definition) is 2. The lowest BCUT2D eigenvalue weighted by molar-refractivity contribution is -0.116. The molecule has 1 rings (SSSR count). The number of primary amides is 1. The maximum atomic E-state index is 11.9. The molecule has 2 amide bonds. The summed E-state index contributed by atoms with van der Waals surface area (Å²) in [6.07, 6.45) is 23.8. The van der Waals surface area contributed by atoms with Gasteiger partial charge in [0, 0.05) is 12.6 Å². The van der Waals surface area contributed by atoms with Crippen molar-refractivity contribution in [2.75, 3.05) is 5.32 Å². The van der Waals surface area contributed by atoms with E-state index in [0.717, 1.165) is 32.1 Å². The quantitative estimate of drug-likeness (QED) is 0.267. The summed E-state index contributed by atoms with van der Waals surface area (Å²) in [4.78, 5) is 26.9. The molecule has 0 saturated heterocycles. The van der Waals surface area contributed by atoms with Crippen molar-refractivity contribution in [3.05, 3.63) is 48.2 Å². The van der Waals surface area contributed by atoms with Crippen LogP contribution in [0.3, 0.4) is 0 Å². The van der Waals surface area contributed by atoms with Crippen LogP contribution < -0.4 is 11.1 Å². The number of nitrogens with two attached hydrogens (primary N) is 1. The van der Waals surface area contributed by atoms with E-state index in [1.54, 1.807) is 12.1 Å². The predicted molar refractivity (Wildman–Crippen MR) is 121 cm³/mol. The third-order valence-corrected chi connectivity index (χ3v) is 4.67. The Morgan fingerprint density at radius 1 is 0.931 bits per heavy atom. The molecular formula is C24H37N3O2. The number of pyridine rings is 1. The van der Waals surface area contributed by atoms with E-state index < -0.39 is 5.91 Å². The van der Waals surface area contributed by atoms with Crippen LogP contribution in [0.2, 0.25) is 0 Å². The highest BCUT2D eigenvalue weighted by Gasteiger charge is 2.05. The van der Waals surface area contributed by atoms with Gasteiger partial charge in [-0.3, -0.25) is 9.59 Å². The van der Waals surface area contributed by atoms with E-state index in [1.165, 1.54) is 44.7 Å². The first-order chi connectivity index (χ1) is 14.1. The summed E-state index contributed by atoms with van der Waals surface area (Å²) in [5.41, 5.74) is 5.49. The second kappa shape index (κ2) is 16.5. The Balaban J connectivity index is 1.96. The topological polar surface area (TPSA) is 85.1 Å². The fourth-order valence-corrected chi connectivity index (χ4v) is 2.92. The van der Waals surface area contributed by atoms with Gasteiger partial charge in [0.2, 0.25) is 11.8 Å². The number of rotatable bonds is 16. The van der Waals surface area contributed by atoms with Crippen molar-refractivity contribution < 1.29 is 9.59 Å². The van der Waals surface area contributed by atoms with Crippen molar-refractivity contribution in [2.45, 2.75) is 84.0 Å². The second-order valence-electron chi connectivity index (χ2n) is 7.33. The van der Waals surface area contributed by atoms with E-state index in [-0.39, 0.29) is 5.91 Å². The molecule has 0 bridgehead atoms. The molecule has 0 aliphatic rings. The van der Waals surface area contributed by atoms with Crippen LogP contribution in [-0.4, -0.2) is 16.8 Å². The minimum absolute atomic E-state index is 0.0463. The maximum Gasteiger partial charge on any atom is 0.250 e. The van der Waals surface area contributed by atoms with Crippen LogP contribution in [0.25, 0.3) is 0 Å². The van der Waals surface area contributed by atoms with E-state index >= 15 is 0 Å².